The fourth-order valence-electron chi connectivity index (χ4n) is 2.06. The molecule has 3 heteroatoms. The van der Waals surface area contributed by atoms with E-state index in [1.54, 1.807) is 0 Å². The molecule has 0 saturated carbocycles. The second-order valence-corrected chi connectivity index (χ2v) is 4.63. The summed E-state index contributed by atoms with van der Waals surface area (Å²) in [5.74, 6) is -0.862. The highest BCUT2D eigenvalue weighted by Crippen LogP contribution is 2.35. The van der Waals surface area contributed by atoms with Gasteiger partial charge < -0.3 is 4.74 Å². The fraction of sp³-hybridized carbons (Fsp3) is 0.385. The quantitative estimate of drug-likeness (QED) is 0.535. The molecule has 84 valence electrons. The van der Waals surface area contributed by atoms with Crippen molar-refractivity contribution in [1.82, 2.24) is 0 Å². The molecule has 3 nitrogen and oxygen atoms in total. The molecule has 1 heterocycles. The van der Waals surface area contributed by atoms with E-state index in [4.69, 9.17) is 0 Å². The zero-order valence-corrected chi connectivity index (χ0v) is 9.45. The lowest BCUT2D eigenvalue weighted by Crippen LogP contribution is -2.36. The van der Waals surface area contributed by atoms with Crippen molar-refractivity contribution < 1.29 is 14.3 Å². The Morgan fingerprint density at radius 1 is 1.06 bits per heavy atom. The van der Waals surface area contributed by atoms with Gasteiger partial charge in [0.25, 0.3) is 0 Å². The Labute approximate surface area is 94.4 Å². The lowest BCUT2D eigenvalue weighted by atomic mass is 9.75. The average molecular weight is 218 g/mol. The first-order chi connectivity index (χ1) is 7.49. The van der Waals surface area contributed by atoms with Crippen LogP contribution in [0.3, 0.4) is 0 Å². The molecule has 0 radical (unpaired) electrons. The van der Waals surface area contributed by atoms with Crippen molar-refractivity contribution >= 4 is 11.9 Å². The number of rotatable bonds is 1. The van der Waals surface area contributed by atoms with Gasteiger partial charge in [0.15, 0.2) is 0 Å². The molecule has 0 aromatic heterocycles. The Bertz CT molecular complexity index is 415. The van der Waals surface area contributed by atoms with Crippen molar-refractivity contribution in [1.29, 1.82) is 0 Å². The van der Waals surface area contributed by atoms with Crippen LogP contribution in [-0.2, 0) is 19.7 Å². The Kier molecular flexibility index (Phi) is 2.54. The highest BCUT2D eigenvalue weighted by molar-refractivity contribution is 5.90. The molecule has 0 amide bonds. The van der Waals surface area contributed by atoms with Crippen LogP contribution in [-0.4, -0.2) is 11.9 Å². The molecule has 0 aliphatic carbocycles. The summed E-state index contributed by atoms with van der Waals surface area (Å²) < 4.78 is 4.55. The van der Waals surface area contributed by atoms with Gasteiger partial charge in [-0.25, -0.2) is 0 Å². The maximum atomic E-state index is 11.3. The standard InChI is InChI=1S/C13H14O3/c1-9-3-5-10(6-4-9)13(2)7-11(14)16-12(15)8-13/h3-6H,7-8H2,1-2H3. The first kappa shape index (κ1) is 10.9. The van der Waals surface area contributed by atoms with Gasteiger partial charge in [0.1, 0.15) is 0 Å². The van der Waals surface area contributed by atoms with Gasteiger partial charge in [-0.3, -0.25) is 9.59 Å². The molecular weight excluding hydrogens is 204 g/mol. The van der Waals surface area contributed by atoms with Gasteiger partial charge >= 0.3 is 11.9 Å². The summed E-state index contributed by atoms with van der Waals surface area (Å²) in [4.78, 5) is 22.6. The summed E-state index contributed by atoms with van der Waals surface area (Å²) >= 11 is 0. The summed E-state index contributed by atoms with van der Waals surface area (Å²) in [6.07, 6.45) is 0.531. The molecule has 1 aliphatic heterocycles. The van der Waals surface area contributed by atoms with Gasteiger partial charge in [-0.1, -0.05) is 36.8 Å². The van der Waals surface area contributed by atoms with Crippen molar-refractivity contribution in [3.63, 3.8) is 0 Å². The number of ether oxygens (including phenoxy) is 1. The van der Waals surface area contributed by atoms with Gasteiger partial charge in [0, 0.05) is 5.41 Å². The molecule has 1 aliphatic rings. The molecule has 2 rings (SSSR count). The number of cyclic esters (lactones) is 2. The van der Waals surface area contributed by atoms with Crippen LogP contribution in [0.4, 0.5) is 0 Å². The van der Waals surface area contributed by atoms with E-state index in [1.165, 1.54) is 0 Å². The van der Waals surface area contributed by atoms with Crippen LogP contribution in [0.5, 0.6) is 0 Å². The Hall–Kier alpha value is -1.64. The molecule has 0 N–H and O–H groups in total. The fourth-order valence-corrected chi connectivity index (χ4v) is 2.06. The van der Waals surface area contributed by atoms with Crippen LogP contribution in [0.1, 0.15) is 30.9 Å². The number of hydrogen-bond donors (Lipinski definition) is 0. The van der Waals surface area contributed by atoms with Crippen molar-refractivity contribution in [3.8, 4) is 0 Å². The first-order valence-electron chi connectivity index (χ1n) is 5.30. The van der Waals surface area contributed by atoms with E-state index in [1.807, 2.05) is 38.1 Å². The molecule has 0 unspecified atom stereocenters. The van der Waals surface area contributed by atoms with Crippen molar-refractivity contribution in [2.45, 2.75) is 32.1 Å². The van der Waals surface area contributed by atoms with E-state index < -0.39 is 17.4 Å². The molecule has 1 aromatic rings. The Morgan fingerprint density at radius 2 is 1.56 bits per heavy atom. The molecule has 0 atom stereocenters. The minimum atomic E-state index is -0.431. The van der Waals surface area contributed by atoms with Crippen LogP contribution in [0.2, 0.25) is 0 Å². The maximum absolute atomic E-state index is 11.3. The predicted molar refractivity (Wildman–Crippen MR) is 58.9 cm³/mol. The van der Waals surface area contributed by atoms with E-state index in [0.29, 0.717) is 0 Å². The van der Waals surface area contributed by atoms with E-state index in [0.717, 1.165) is 11.1 Å². The summed E-state index contributed by atoms with van der Waals surface area (Å²) in [5, 5.41) is 0. The van der Waals surface area contributed by atoms with Gasteiger partial charge in [0.2, 0.25) is 0 Å². The molecule has 0 bridgehead atoms. The van der Waals surface area contributed by atoms with Crippen LogP contribution in [0, 0.1) is 6.92 Å². The Morgan fingerprint density at radius 3 is 2.06 bits per heavy atom. The monoisotopic (exact) mass is 218 g/mol. The second kappa shape index (κ2) is 3.74. The lowest BCUT2D eigenvalue weighted by molar-refractivity contribution is -0.166. The van der Waals surface area contributed by atoms with Gasteiger partial charge in [0.05, 0.1) is 12.8 Å². The van der Waals surface area contributed by atoms with E-state index in [9.17, 15) is 9.59 Å². The molecule has 0 spiro atoms. The number of carbonyl (C=O) groups is 2. The third kappa shape index (κ3) is 1.98. The van der Waals surface area contributed by atoms with Crippen molar-refractivity contribution in [2.24, 2.45) is 0 Å². The number of aryl methyl sites for hydroxylation is 1. The SMILES string of the molecule is Cc1ccc(C2(C)CC(=O)OC(=O)C2)cc1. The summed E-state index contributed by atoms with van der Waals surface area (Å²) in [6.45, 7) is 3.93. The molecular formula is C13H14O3. The van der Waals surface area contributed by atoms with Crippen LogP contribution in [0.25, 0.3) is 0 Å². The summed E-state index contributed by atoms with van der Waals surface area (Å²) in [6, 6.07) is 7.93. The van der Waals surface area contributed by atoms with Gasteiger partial charge in [-0.15, -0.1) is 0 Å². The number of carbonyl (C=O) groups excluding carboxylic acids is 2. The van der Waals surface area contributed by atoms with Crippen LogP contribution >= 0.6 is 0 Å². The van der Waals surface area contributed by atoms with E-state index in [2.05, 4.69) is 4.74 Å². The number of hydrogen-bond acceptors (Lipinski definition) is 3. The Balaban J connectivity index is 2.33. The molecule has 16 heavy (non-hydrogen) atoms. The maximum Gasteiger partial charge on any atom is 0.314 e. The highest BCUT2D eigenvalue weighted by atomic mass is 16.6. The third-order valence-electron chi connectivity index (χ3n) is 3.05. The van der Waals surface area contributed by atoms with Crippen molar-refractivity contribution in [3.05, 3.63) is 35.4 Å². The summed E-state index contributed by atoms with van der Waals surface area (Å²) in [7, 11) is 0. The van der Waals surface area contributed by atoms with Crippen molar-refractivity contribution in [2.75, 3.05) is 0 Å². The van der Waals surface area contributed by atoms with E-state index in [-0.39, 0.29) is 12.8 Å². The lowest BCUT2D eigenvalue weighted by Gasteiger charge is -2.31. The number of esters is 2. The smallest absolute Gasteiger partial charge is 0.314 e. The highest BCUT2D eigenvalue weighted by Gasteiger charge is 2.38. The largest absolute Gasteiger partial charge is 0.393 e. The topological polar surface area (TPSA) is 43.4 Å². The van der Waals surface area contributed by atoms with E-state index >= 15 is 0 Å². The zero-order valence-electron chi connectivity index (χ0n) is 9.45. The first-order valence-corrected chi connectivity index (χ1v) is 5.30. The minimum absolute atomic E-state index is 0.266. The predicted octanol–water partition coefficient (Wildman–Crippen LogP) is 2.12. The normalized spacial score (nSPS) is 19.4. The summed E-state index contributed by atoms with van der Waals surface area (Å²) in [5.41, 5.74) is 1.76. The zero-order chi connectivity index (χ0) is 11.8. The molecule has 1 fully saturated rings. The van der Waals surface area contributed by atoms with Crippen LogP contribution < -0.4 is 0 Å². The van der Waals surface area contributed by atoms with Gasteiger partial charge in [-0.05, 0) is 12.5 Å². The molecule has 1 aromatic carbocycles. The average Bonchev–Trinajstić information content (AvgIpc) is 2.16. The van der Waals surface area contributed by atoms with Crippen LogP contribution in [0.15, 0.2) is 24.3 Å². The minimum Gasteiger partial charge on any atom is -0.393 e. The third-order valence-corrected chi connectivity index (χ3v) is 3.05. The van der Waals surface area contributed by atoms with Gasteiger partial charge in [-0.2, -0.15) is 0 Å². The molecule has 1 saturated heterocycles. The number of benzene rings is 1. The second-order valence-electron chi connectivity index (χ2n) is 4.63.